The number of allylic oxidation sites excluding steroid dienone is 2. The van der Waals surface area contributed by atoms with Crippen LogP contribution in [-0.2, 0) is 4.79 Å². The number of carbonyl (C=O) groups excluding carboxylic acids is 1. The maximum absolute atomic E-state index is 11.3. The van der Waals surface area contributed by atoms with Gasteiger partial charge >= 0.3 is 0 Å². The molecular formula is C9H10INO. The van der Waals surface area contributed by atoms with Crippen molar-refractivity contribution in [2.75, 3.05) is 0 Å². The highest BCUT2D eigenvalue weighted by molar-refractivity contribution is 14.1. The molecule has 1 N–H and O–H groups in total. The van der Waals surface area contributed by atoms with E-state index < -0.39 is 0 Å². The first-order valence-corrected chi connectivity index (χ1v) is 5.31. The number of carbonyl (C=O) groups is 1. The van der Waals surface area contributed by atoms with Gasteiger partial charge in [-0.05, 0) is 6.42 Å². The first kappa shape index (κ1) is 8.29. The Labute approximate surface area is 85.2 Å². The average Bonchev–Trinajstić information content (AvgIpc) is 2.07. The first-order valence-electron chi connectivity index (χ1n) is 4.07. The van der Waals surface area contributed by atoms with Crippen molar-refractivity contribution in [3.8, 4) is 0 Å². The largest absolute Gasteiger partial charge is 0.348 e. The molecule has 1 aliphatic heterocycles. The van der Waals surface area contributed by atoms with Gasteiger partial charge in [-0.1, -0.05) is 46.9 Å². The second kappa shape index (κ2) is 3.20. The lowest BCUT2D eigenvalue weighted by Gasteiger charge is -2.32. The first-order chi connectivity index (χ1) is 5.77. The van der Waals surface area contributed by atoms with Crippen LogP contribution in [0, 0.1) is 5.92 Å². The van der Waals surface area contributed by atoms with E-state index in [0.717, 1.165) is 6.42 Å². The molecule has 3 atom stereocenters. The SMILES string of the molecule is O=C1NC2C=CC=CC2CC1I. The summed E-state index contributed by atoms with van der Waals surface area (Å²) in [6.07, 6.45) is 9.26. The molecule has 3 heteroatoms. The van der Waals surface area contributed by atoms with Crippen LogP contribution in [0.1, 0.15) is 6.42 Å². The highest BCUT2D eigenvalue weighted by Crippen LogP contribution is 2.26. The van der Waals surface area contributed by atoms with Gasteiger partial charge in [-0.25, -0.2) is 0 Å². The topological polar surface area (TPSA) is 29.1 Å². The summed E-state index contributed by atoms with van der Waals surface area (Å²) in [5.74, 6) is 0.686. The zero-order valence-electron chi connectivity index (χ0n) is 6.53. The highest BCUT2D eigenvalue weighted by atomic mass is 127. The van der Waals surface area contributed by atoms with Gasteiger partial charge in [0.1, 0.15) is 0 Å². The number of hydrogen-bond acceptors (Lipinski definition) is 1. The van der Waals surface area contributed by atoms with E-state index in [4.69, 9.17) is 0 Å². The predicted octanol–water partition coefficient (Wildman–Crippen LogP) is 1.42. The molecule has 1 aliphatic carbocycles. The number of rotatable bonds is 0. The molecule has 2 aliphatic rings. The summed E-state index contributed by atoms with van der Waals surface area (Å²) >= 11 is 2.20. The van der Waals surface area contributed by atoms with E-state index >= 15 is 0 Å². The summed E-state index contributed by atoms with van der Waals surface area (Å²) in [5, 5.41) is 2.98. The molecule has 1 fully saturated rings. The molecule has 1 saturated heterocycles. The Balaban J connectivity index is 2.14. The quantitative estimate of drug-likeness (QED) is 0.526. The van der Waals surface area contributed by atoms with Gasteiger partial charge in [0.25, 0.3) is 0 Å². The van der Waals surface area contributed by atoms with E-state index in [-0.39, 0.29) is 15.9 Å². The number of hydrogen-bond donors (Lipinski definition) is 1. The molecule has 0 aromatic heterocycles. The normalized spacial score (nSPS) is 39.1. The van der Waals surface area contributed by atoms with Gasteiger partial charge in [0.05, 0.1) is 9.97 Å². The lowest BCUT2D eigenvalue weighted by atomic mass is 9.87. The molecule has 3 unspecified atom stereocenters. The van der Waals surface area contributed by atoms with Crippen molar-refractivity contribution in [2.24, 2.45) is 5.92 Å². The minimum Gasteiger partial charge on any atom is -0.348 e. The Kier molecular flexibility index (Phi) is 2.21. The van der Waals surface area contributed by atoms with E-state index in [1.165, 1.54) is 0 Å². The lowest BCUT2D eigenvalue weighted by Crippen LogP contribution is -2.48. The molecule has 0 spiro atoms. The van der Waals surface area contributed by atoms with Gasteiger partial charge in [0.15, 0.2) is 0 Å². The van der Waals surface area contributed by atoms with E-state index in [2.05, 4.69) is 46.1 Å². The maximum atomic E-state index is 11.3. The molecule has 1 heterocycles. The minimum absolute atomic E-state index is 0.139. The lowest BCUT2D eigenvalue weighted by molar-refractivity contribution is -0.122. The Bertz CT molecular complexity index is 259. The number of halogens is 1. The van der Waals surface area contributed by atoms with Crippen LogP contribution in [0.5, 0.6) is 0 Å². The molecule has 64 valence electrons. The number of amides is 1. The molecule has 2 nitrogen and oxygen atoms in total. The van der Waals surface area contributed by atoms with E-state index in [1.807, 2.05) is 6.08 Å². The van der Waals surface area contributed by atoms with Crippen LogP contribution in [0.25, 0.3) is 0 Å². The highest BCUT2D eigenvalue weighted by Gasteiger charge is 2.31. The van der Waals surface area contributed by atoms with E-state index in [1.54, 1.807) is 0 Å². The molecular weight excluding hydrogens is 265 g/mol. The van der Waals surface area contributed by atoms with Gasteiger partial charge in [-0.2, -0.15) is 0 Å². The van der Waals surface area contributed by atoms with Crippen LogP contribution in [0.2, 0.25) is 0 Å². The van der Waals surface area contributed by atoms with E-state index in [9.17, 15) is 4.79 Å². The van der Waals surface area contributed by atoms with Crippen molar-refractivity contribution < 1.29 is 4.79 Å². The molecule has 0 saturated carbocycles. The summed E-state index contributed by atoms with van der Waals surface area (Å²) in [7, 11) is 0. The average molecular weight is 275 g/mol. The van der Waals surface area contributed by atoms with Crippen molar-refractivity contribution in [1.82, 2.24) is 5.32 Å². The second-order valence-corrected chi connectivity index (χ2v) is 4.67. The Morgan fingerprint density at radius 2 is 2.17 bits per heavy atom. The fraction of sp³-hybridized carbons (Fsp3) is 0.444. The van der Waals surface area contributed by atoms with Crippen molar-refractivity contribution in [1.29, 1.82) is 0 Å². The number of nitrogens with one attached hydrogen (secondary N) is 1. The monoisotopic (exact) mass is 275 g/mol. The summed E-state index contributed by atoms with van der Waals surface area (Å²) < 4.78 is 0.139. The van der Waals surface area contributed by atoms with Gasteiger partial charge in [0, 0.05) is 5.92 Å². The van der Waals surface area contributed by atoms with Gasteiger partial charge < -0.3 is 5.32 Å². The standard InChI is InChI=1S/C9H10INO/c10-7-5-6-3-1-2-4-8(6)11-9(7)12/h1-4,6-8H,5H2,(H,11,12). The van der Waals surface area contributed by atoms with Crippen molar-refractivity contribution in [3.05, 3.63) is 24.3 Å². The van der Waals surface area contributed by atoms with E-state index in [0.29, 0.717) is 5.92 Å². The molecule has 2 rings (SSSR count). The molecule has 12 heavy (non-hydrogen) atoms. The van der Waals surface area contributed by atoms with Gasteiger partial charge in [-0.3, -0.25) is 4.79 Å². The molecule has 0 radical (unpaired) electrons. The third-order valence-electron chi connectivity index (χ3n) is 2.32. The van der Waals surface area contributed by atoms with Crippen LogP contribution in [-0.4, -0.2) is 15.9 Å². The van der Waals surface area contributed by atoms with Crippen LogP contribution in [0.15, 0.2) is 24.3 Å². The second-order valence-electron chi connectivity index (χ2n) is 3.17. The van der Waals surface area contributed by atoms with Crippen LogP contribution < -0.4 is 5.32 Å². The minimum atomic E-state index is 0.139. The zero-order valence-corrected chi connectivity index (χ0v) is 8.69. The predicted molar refractivity (Wildman–Crippen MR) is 56.1 cm³/mol. The fourth-order valence-electron chi connectivity index (χ4n) is 1.63. The zero-order chi connectivity index (χ0) is 8.55. The van der Waals surface area contributed by atoms with Crippen LogP contribution in [0.3, 0.4) is 0 Å². The number of piperidine rings is 1. The van der Waals surface area contributed by atoms with Crippen molar-refractivity contribution >= 4 is 28.5 Å². The van der Waals surface area contributed by atoms with Crippen molar-refractivity contribution in [2.45, 2.75) is 16.4 Å². The Morgan fingerprint density at radius 1 is 1.42 bits per heavy atom. The molecule has 0 aromatic rings. The summed E-state index contributed by atoms with van der Waals surface area (Å²) in [6.45, 7) is 0. The molecule has 1 amide bonds. The van der Waals surface area contributed by atoms with Crippen LogP contribution >= 0.6 is 22.6 Å². The smallest absolute Gasteiger partial charge is 0.233 e. The molecule has 0 aromatic carbocycles. The fourth-order valence-corrected chi connectivity index (χ4v) is 2.40. The molecule has 0 bridgehead atoms. The van der Waals surface area contributed by atoms with Gasteiger partial charge in [0.2, 0.25) is 5.91 Å². The maximum Gasteiger partial charge on any atom is 0.233 e. The van der Waals surface area contributed by atoms with Crippen molar-refractivity contribution in [3.63, 3.8) is 0 Å². The third-order valence-corrected chi connectivity index (χ3v) is 3.40. The Morgan fingerprint density at radius 3 is 3.00 bits per heavy atom. The summed E-state index contributed by atoms with van der Waals surface area (Å²) in [5.41, 5.74) is 0. The van der Waals surface area contributed by atoms with Gasteiger partial charge in [-0.15, -0.1) is 0 Å². The van der Waals surface area contributed by atoms with Crippen LogP contribution in [0.4, 0.5) is 0 Å². The summed E-state index contributed by atoms with van der Waals surface area (Å²) in [4.78, 5) is 11.3. The summed E-state index contributed by atoms with van der Waals surface area (Å²) in [6, 6.07) is 0.244. The number of alkyl halides is 1. The Hall–Kier alpha value is -0.320. The third kappa shape index (κ3) is 1.42. The number of fused-ring (bicyclic) bond motifs is 1.